The first kappa shape index (κ1) is 12.8. The van der Waals surface area contributed by atoms with Crippen LogP contribution in [0.15, 0.2) is 42.0 Å². The predicted octanol–water partition coefficient (Wildman–Crippen LogP) is 2.29. The van der Waals surface area contributed by atoms with Crippen molar-refractivity contribution in [1.29, 1.82) is 0 Å². The molecule has 1 aromatic carbocycles. The van der Waals surface area contributed by atoms with Gasteiger partial charge in [0.25, 0.3) is 0 Å². The number of aliphatic hydroxyl groups is 1. The fourth-order valence-electron chi connectivity index (χ4n) is 2.37. The molecule has 0 bridgehead atoms. The summed E-state index contributed by atoms with van der Waals surface area (Å²) in [4.78, 5) is 14.0. The average molecular weight is 245 g/mol. The Kier molecular flexibility index (Phi) is 4.15. The van der Waals surface area contributed by atoms with Crippen LogP contribution in [0.2, 0.25) is 0 Å². The molecule has 0 unspecified atom stereocenters. The van der Waals surface area contributed by atoms with Gasteiger partial charge in [0.1, 0.15) is 0 Å². The van der Waals surface area contributed by atoms with Gasteiger partial charge >= 0.3 is 0 Å². The van der Waals surface area contributed by atoms with Crippen molar-refractivity contribution in [1.82, 2.24) is 4.90 Å². The fourth-order valence-corrected chi connectivity index (χ4v) is 2.37. The molecule has 1 aromatic rings. The van der Waals surface area contributed by atoms with Crippen LogP contribution in [0.1, 0.15) is 31.4 Å². The molecule has 1 aliphatic rings. The number of amides is 1. The van der Waals surface area contributed by atoms with Crippen molar-refractivity contribution < 1.29 is 9.90 Å². The Morgan fingerprint density at radius 2 is 2.06 bits per heavy atom. The van der Waals surface area contributed by atoms with Crippen molar-refractivity contribution in [3.8, 4) is 0 Å². The molecule has 0 aliphatic carbocycles. The average Bonchev–Trinajstić information content (AvgIpc) is 2.75. The quantitative estimate of drug-likeness (QED) is 0.864. The Morgan fingerprint density at radius 3 is 2.67 bits per heavy atom. The Morgan fingerprint density at radius 1 is 1.33 bits per heavy atom. The van der Waals surface area contributed by atoms with Gasteiger partial charge in [0.15, 0.2) is 0 Å². The maximum Gasteiger partial charge on any atom is 0.250 e. The lowest BCUT2D eigenvalue weighted by Crippen LogP contribution is -2.33. The van der Waals surface area contributed by atoms with Gasteiger partial charge in [-0.3, -0.25) is 4.79 Å². The molecule has 0 aromatic heterocycles. The Bertz CT molecular complexity index is 439. The number of aliphatic hydroxyl groups excluding tert-OH is 1. The van der Waals surface area contributed by atoms with Crippen LogP contribution in [-0.4, -0.2) is 29.1 Å². The lowest BCUT2D eigenvalue weighted by atomic mass is 10.1. The van der Waals surface area contributed by atoms with Crippen LogP contribution in [0.25, 0.3) is 0 Å². The van der Waals surface area contributed by atoms with E-state index in [1.807, 2.05) is 36.4 Å². The van der Waals surface area contributed by atoms with Gasteiger partial charge in [-0.2, -0.15) is 0 Å². The Hall–Kier alpha value is -1.61. The van der Waals surface area contributed by atoms with Gasteiger partial charge in [-0.05, 0) is 12.0 Å². The SMILES string of the molecule is CCCC1=CCN([C@@H](CO)c2ccccc2)C1=O. The summed E-state index contributed by atoms with van der Waals surface area (Å²) >= 11 is 0. The highest BCUT2D eigenvalue weighted by Gasteiger charge is 2.29. The van der Waals surface area contributed by atoms with Crippen LogP contribution < -0.4 is 0 Å². The number of carbonyl (C=O) groups is 1. The largest absolute Gasteiger partial charge is 0.394 e. The molecule has 0 radical (unpaired) electrons. The van der Waals surface area contributed by atoms with Crippen molar-refractivity contribution in [2.24, 2.45) is 0 Å². The van der Waals surface area contributed by atoms with E-state index < -0.39 is 0 Å². The number of benzene rings is 1. The summed E-state index contributed by atoms with van der Waals surface area (Å²) in [5, 5.41) is 9.56. The summed E-state index contributed by atoms with van der Waals surface area (Å²) in [6.07, 6.45) is 3.78. The van der Waals surface area contributed by atoms with Crippen molar-refractivity contribution >= 4 is 5.91 Å². The monoisotopic (exact) mass is 245 g/mol. The zero-order chi connectivity index (χ0) is 13.0. The van der Waals surface area contributed by atoms with Crippen LogP contribution in [0, 0.1) is 0 Å². The van der Waals surface area contributed by atoms with Crippen molar-refractivity contribution in [3.63, 3.8) is 0 Å². The maximum absolute atomic E-state index is 12.2. The molecule has 0 saturated heterocycles. The normalized spacial score (nSPS) is 16.9. The van der Waals surface area contributed by atoms with Crippen LogP contribution in [0.4, 0.5) is 0 Å². The van der Waals surface area contributed by atoms with E-state index in [4.69, 9.17) is 0 Å². The number of nitrogens with zero attached hydrogens (tertiary/aromatic N) is 1. The van der Waals surface area contributed by atoms with E-state index >= 15 is 0 Å². The second-order valence-corrected chi connectivity index (χ2v) is 4.55. The lowest BCUT2D eigenvalue weighted by Gasteiger charge is -2.27. The molecule has 1 atom stereocenters. The fraction of sp³-hybridized carbons (Fsp3) is 0.400. The van der Waals surface area contributed by atoms with Crippen LogP contribution >= 0.6 is 0 Å². The molecule has 1 aliphatic heterocycles. The van der Waals surface area contributed by atoms with Crippen molar-refractivity contribution in [3.05, 3.63) is 47.5 Å². The van der Waals surface area contributed by atoms with Gasteiger partial charge in [0.2, 0.25) is 5.91 Å². The molecular weight excluding hydrogens is 226 g/mol. The molecular formula is C15H19NO2. The summed E-state index contributed by atoms with van der Waals surface area (Å²) in [5.74, 6) is 0.0692. The highest BCUT2D eigenvalue weighted by atomic mass is 16.3. The second-order valence-electron chi connectivity index (χ2n) is 4.55. The van der Waals surface area contributed by atoms with Crippen LogP contribution in [-0.2, 0) is 4.79 Å². The zero-order valence-corrected chi connectivity index (χ0v) is 10.7. The Labute approximate surface area is 108 Å². The van der Waals surface area contributed by atoms with Crippen LogP contribution in [0.5, 0.6) is 0 Å². The third kappa shape index (κ3) is 2.46. The molecule has 0 spiro atoms. The highest BCUT2D eigenvalue weighted by molar-refractivity contribution is 5.96. The number of hydrogen-bond donors (Lipinski definition) is 1. The van der Waals surface area contributed by atoms with E-state index in [1.165, 1.54) is 0 Å². The molecule has 0 fully saturated rings. The van der Waals surface area contributed by atoms with E-state index in [-0.39, 0.29) is 18.6 Å². The van der Waals surface area contributed by atoms with Gasteiger partial charge in [0.05, 0.1) is 12.6 Å². The van der Waals surface area contributed by atoms with E-state index in [1.54, 1.807) is 4.90 Å². The number of hydrogen-bond acceptors (Lipinski definition) is 2. The molecule has 3 heteroatoms. The van der Waals surface area contributed by atoms with E-state index in [2.05, 4.69) is 6.92 Å². The first-order chi connectivity index (χ1) is 8.77. The van der Waals surface area contributed by atoms with Gasteiger partial charge in [-0.1, -0.05) is 49.8 Å². The summed E-state index contributed by atoms with van der Waals surface area (Å²) in [6, 6.07) is 9.46. The third-order valence-corrected chi connectivity index (χ3v) is 3.32. The minimum atomic E-state index is -0.232. The molecule has 18 heavy (non-hydrogen) atoms. The second kappa shape index (κ2) is 5.83. The summed E-state index contributed by atoms with van der Waals surface area (Å²) in [7, 11) is 0. The smallest absolute Gasteiger partial charge is 0.250 e. The first-order valence-electron chi connectivity index (χ1n) is 6.43. The van der Waals surface area contributed by atoms with Crippen molar-refractivity contribution in [2.45, 2.75) is 25.8 Å². The predicted molar refractivity (Wildman–Crippen MR) is 71.0 cm³/mol. The molecule has 3 nitrogen and oxygen atoms in total. The minimum Gasteiger partial charge on any atom is -0.394 e. The number of carbonyl (C=O) groups excluding carboxylic acids is 1. The molecule has 96 valence electrons. The highest BCUT2D eigenvalue weighted by Crippen LogP contribution is 2.27. The standard InChI is InChI=1S/C15H19NO2/c1-2-6-13-9-10-16(15(13)18)14(11-17)12-7-4-3-5-8-12/h3-5,7-9,14,17H,2,6,10-11H2,1H3/t14-/m0/s1. The molecule has 1 heterocycles. The molecule has 0 saturated carbocycles. The van der Waals surface area contributed by atoms with Gasteiger partial charge in [0, 0.05) is 12.1 Å². The lowest BCUT2D eigenvalue weighted by molar-refractivity contribution is -0.128. The minimum absolute atomic E-state index is 0.0387. The third-order valence-electron chi connectivity index (χ3n) is 3.32. The van der Waals surface area contributed by atoms with Gasteiger partial charge in [-0.25, -0.2) is 0 Å². The molecule has 1 N–H and O–H groups in total. The molecule has 2 rings (SSSR count). The van der Waals surface area contributed by atoms with Crippen LogP contribution in [0.3, 0.4) is 0 Å². The topological polar surface area (TPSA) is 40.5 Å². The summed E-state index contributed by atoms with van der Waals surface area (Å²) in [5.41, 5.74) is 1.87. The van der Waals surface area contributed by atoms with Crippen molar-refractivity contribution in [2.75, 3.05) is 13.2 Å². The summed E-state index contributed by atoms with van der Waals surface area (Å²) in [6.45, 7) is 2.63. The van der Waals surface area contributed by atoms with Gasteiger partial charge in [-0.15, -0.1) is 0 Å². The van der Waals surface area contributed by atoms with E-state index in [0.717, 1.165) is 24.0 Å². The first-order valence-corrected chi connectivity index (χ1v) is 6.43. The molecule has 1 amide bonds. The summed E-state index contributed by atoms with van der Waals surface area (Å²) < 4.78 is 0. The zero-order valence-electron chi connectivity index (χ0n) is 10.7. The van der Waals surface area contributed by atoms with Gasteiger partial charge < -0.3 is 10.0 Å². The Balaban J connectivity index is 2.15. The van der Waals surface area contributed by atoms with E-state index in [9.17, 15) is 9.90 Å². The number of rotatable bonds is 5. The maximum atomic E-state index is 12.2. The van der Waals surface area contributed by atoms with E-state index in [0.29, 0.717) is 6.54 Å².